The average Bonchev–Trinajstić information content (AvgIpc) is 3.22. The summed E-state index contributed by atoms with van der Waals surface area (Å²) >= 11 is 1.66. The lowest BCUT2D eigenvalue weighted by Crippen LogP contribution is -2.28. The monoisotopic (exact) mass is 438 g/mol. The zero-order chi connectivity index (χ0) is 22.4. The Morgan fingerprint density at radius 3 is 2.55 bits per heavy atom. The van der Waals surface area contributed by atoms with Crippen molar-refractivity contribution in [1.29, 1.82) is 0 Å². The largest absolute Gasteiger partial charge is 0.496 e. The van der Waals surface area contributed by atoms with Gasteiger partial charge in [-0.2, -0.15) is 0 Å². The third-order valence-corrected chi connectivity index (χ3v) is 7.22. The molecule has 1 N–H and O–H groups in total. The van der Waals surface area contributed by atoms with E-state index in [1.165, 1.54) is 17.1 Å². The van der Waals surface area contributed by atoms with Crippen molar-refractivity contribution in [3.8, 4) is 27.6 Å². The molecule has 0 aliphatic carbocycles. The molecule has 1 unspecified atom stereocenters. The second-order valence-electron chi connectivity index (χ2n) is 8.60. The molecule has 1 aliphatic heterocycles. The molecule has 31 heavy (non-hydrogen) atoms. The highest BCUT2D eigenvalue weighted by atomic mass is 32.1. The van der Waals surface area contributed by atoms with E-state index in [2.05, 4.69) is 38.7 Å². The number of pyridine rings is 1. The number of nitrogens with zero attached hydrogens (tertiary/aromatic N) is 2. The molecular formula is C24H26N2O4S. The van der Waals surface area contributed by atoms with Gasteiger partial charge in [-0.05, 0) is 36.0 Å². The van der Waals surface area contributed by atoms with Crippen LogP contribution in [0.5, 0.6) is 5.75 Å². The summed E-state index contributed by atoms with van der Waals surface area (Å²) < 4.78 is 7.64. The third-order valence-electron chi connectivity index (χ3n) is 5.89. The average molecular weight is 439 g/mol. The van der Waals surface area contributed by atoms with E-state index in [-0.39, 0.29) is 17.5 Å². The lowest BCUT2D eigenvalue weighted by Gasteiger charge is -2.33. The molecule has 0 amide bonds. The zero-order valence-electron chi connectivity index (χ0n) is 18.3. The van der Waals surface area contributed by atoms with Crippen LogP contribution in [0.2, 0.25) is 0 Å². The Morgan fingerprint density at radius 2 is 1.97 bits per heavy atom. The Balaban J connectivity index is 1.94. The van der Waals surface area contributed by atoms with E-state index in [1.807, 2.05) is 16.8 Å². The Morgan fingerprint density at radius 1 is 1.23 bits per heavy atom. The van der Waals surface area contributed by atoms with Crippen LogP contribution in [-0.2, 0) is 6.42 Å². The van der Waals surface area contributed by atoms with Crippen LogP contribution in [0.1, 0.15) is 60.5 Å². The summed E-state index contributed by atoms with van der Waals surface area (Å²) in [5.41, 5.74) is 2.98. The zero-order valence-corrected chi connectivity index (χ0v) is 19.1. The molecule has 3 aromatic rings. The number of methoxy groups -OCH3 is 1. The van der Waals surface area contributed by atoms with Crippen LogP contribution in [-0.4, -0.2) is 27.7 Å². The molecule has 0 spiro atoms. The predicted octanol–water partition coefficient (Wildman–Crippen LogP) is 5.22. The van der Waals surface area contributed by atoms with E-state index in [0.717, 1.165) is 33.8 Å². The van der Waals surface area contributed by atoms with Crippen molar-refractivity contribution < 1.29 is 14.6 Å². The number of carbonyl (C=O) groups is 1. The van der Waals surface area contributed by atoms with E-state index in [9.17, 15) is 14.7 Å². The molecule has 1 atom stereocenters. The molecule has 7 heteroatoms. The van der Waals surface area contributed by atoms with Crippen molar-refractivity contribution in [3.05, 3.63) is 56.8 Å². The highest BCUT2D eigenvalue weighted by Gasteiger charge is 2.29. The number of carboxylic acid groups (broad SMARTS) is 1. The summed E-state index contributed by atoms with van der Waals surface area (Å²) in [6.45, 7) is 8.51. The summed E-state index contributed by atoms with van der Waals surface area (Å²) in [4.78, 5) is 29.9. The molecule has 6 nitrogen and oxygen atoms in total. The molecule has 1 aliphatic rings. The van der Waals surface area contributed by atoms with Gasteiger partial charge in [-0.1, -0.05) is 27.7 Å². The maximum absolute atomic E-state index is 12.5. The number of ether oxygens (including phenoxy) is 1. The van der Waals surface area contributed by atoms with Crippen LogP contribution >= 0.6 is 11.3 Å². The Hall–Kier alpha value is -2.93. The second kappa shape index (κ2) is 7.96. The van der Waals surface area contributed by atoms with Crippen molar-refractivity contribution in [2.24, 2.45) is 5.92 Å². The fourth-order valence-electron chi connectivity index (χ4n) is 4.13. The molecule has 4 rings (SSSR count). The van der Waals surface area contributed by atoms with Gasteiger partial charge in [0.2, 0.25) is 0 Å². The number of aromatic nitrogens is 2. The molecule has 0 radical (unpaired) electrons. The standard InChI is InChI=1S/C24H26N2O4S/c1-12(2)18-7-14-6-16(23-25-10-22(31-23)13(3)4)21(30-5)8-15(14)19-9-20(27)17(24(28)29)11-26(18)19/h6,8-13,18H,7H2,1-5H3,(H,28,29). The van der Waals surface area contributed by atoms with Gasteiger partial charge in [-0.25, -0.2) is 9.78 Å². The molecule has 0 saturated heterocycles. The van der Waals surface area contributed by atoms with Crippen molar-refractivity contribution in [2.45, 2.75) is 46.1 Å². The van der Waals surface area contributed by atoms with Gasteiger partial charge < -0.3 is 14.4 Å². The number of hydrogen-bond acceptors (Lipinski definition) is 5. The van der Waals surface area contributed by atoms with Gasteiger partial charge in [0.1, 0.15) is 16.3 Å². The topological polar surface area (TPSA) is 81.4 Å². The molecule has 2 aromatic heterocycles. The molecule has 0 fully saturated rings. The number of hydrogen-bond donors (Lipinski definition) is 1. The summed E-state index contributed by atoms with van der Waals surface area (Å²) in [6.07, 6.45) is 4.15. The maximum Gasteiger partial charge on any atom is 0.341 e. The number of aromatic carboxylic acids is 1. The van der Waals surface area contributed by atoms with Crippen molar-refractivity contribution in [3.63, 3.8) is 0 Å². The minimum absolute atomic E-state index is 0.0463. The quantitative estimate of drug-likeness (QED) is 0.590. The fourth-order valence-corrected chi connectivity index (χ4v) is 5.07. The Bertz CT molecular complexity index is 1220. The van der Waals surface area contributed by atoms with Crippen LogP contribution in [0.15, 0.2) is 35.4 Å². The second-order valence-corrected chi connectivity index (χ2v) is 9.66. The van der Waals surface area contributed by atoms with Gasteiger partial charge in [0.05, 0.1) is 18.4 Å². The number of thiazole rings is 1. The SMILES string of the molecule is COc1cc2c(cc1-c1ncc(C(C)C)s1)CC(C(C)C)n1cc(C(=O)O)c(=O)cc1-2. The highest BCUT2D eigenvalue weighted by Crippen LogP contribution is 2.44. The number of benzene rings is 1. The molecule has 0 bridgehead atoms. The van der Waals surface area contributed by atoms with Gasteiger partial charge >= 0.3 is 5.97 Å². The minimum atomic E-state index is -1.20. The van der Waals surface area contributed by atoms with Crippen LogP contribution in [0.4, 0.5) is 0 Å². The fraction of sp³-hybridized carbons (Fsp3) is 0.375. The van der Waals surface area contributed by atoms with Crippen molar-refractivity contribution in [2.75, 3.05) is 7.11 Å². The number of rotatable bonds is 5. The van der Waals surface area contributed by atoms with Gasteiger partial charge in [-0.3, -0.25) is 4.79 Å². The summed E-state index contributed by atoms with van der Waals surface area (Å²) in [5.74, 6) is 0.148. The Labute approximate surface area is 185 Å². The van der Waals surface area contributed by atoms with Crippen LogP contribution in [0.3, 0.4) is 0 Å². The molecule has 3 heterocycles. The molecule has 162 valence electrons. The van der Waals surface area contributed by atoms with Gasteiger partial charge in [0.25, 0.3) is 0 Å². The van der Waals surface area contributed by atoms with Crippen LogP contribution in [0, 0.1) is 5.92 Å². The first-order chi connectivity index (χ1) is 14.7. The third kappa shape index (κ3) is 3.67. The molecule has 0 saturated carbocycles. The number of carboxylic acids is 1. The van der Waals surface area contributed by atoms with Gasteiger partial charge in [-0.15, -0.1) is 11.3 Å². The van der Waals surface area contributed by atoms with E-state index in [0.29, 0.717) is 11.7 Å². The van der Waals surface area contributed by atoms with Gasteiger partial charge in [0, 0.05) is 34.9 Å². The minimum Gasteiger partial charge on any atom is -0.496 e. The lowest BCUT2D eigenvalue weighted by molar-refractivity contribution is 0.0694. The maximum atomic E-state index is 12.5. The molecule has 1 aromatic carbocycles. The molecular weight excluding hydrogens is 412 g/mol. The predicted molar refractivity (Wildman–Crippen MR) is 122 cm³/mol. The van der Waals surface area contributed by atoms with E-state index >= 15 is 0 Å². The van der Waals surface area contributed by atoms with E-state index in [1.54, 1.807) is 18.4 Å². The highest BCUT2D eigenvalue weighted by molar-refractivity contribution is 7.15. The first-order valence-electron chi connectivity index (χ1n) is 10.4. The normalized spacial score (nSPS) is 15.1. The summed E-state index contributed by atoms with van der Waals surface area (Å²) in [6, 6.07) is 5.55. The first-order valence-corrected chi connectivity index (χ1v) is 11.2. The van der Waals surface area contributed by atoms with Crippen LogP contribution < -0.4 is 10.2 Å². The lowest BCUT2D eigenvalue weighted by atomic mass is 9.86. The Kier molecular flexibility index (Phi) is 5.47. The summed E-state index contributed by atoms with van der Waals surface area (Å²) in [5, 5.41) is 10.3. The van der Waals surface area contributed by atoms with E-state index < -0.39 is 11.4 Å². The summed E-state index contributed by atoms with van der Waals surface area (Å²) in [7, 11) is 1.63. The van der Waals surface area contributed by atoms with Crippen molar-refractivity contribution in [1.82, 2.24) is 9.55 Å². The first kappa shape index (κ1) is 21.3. The van der Waals surface area contributed by atoms with E-state index in [4.69, 9.17) is 4.74 Å². The van der Waals surface area contributed by atoms with Crippen molar-refractivity contribution >= 4 is 17.3 Å². The van der Waals surface area contributed by atoms with Gasteiger partial charge in [0.15, 0.2) is 5.43 Å². The van der Waals surface area contributed by atoms with Crippen LogP contribution in [0.25, 0.3) is 21.8 Å². The smallest absolute Gasteiger partial charge is 0.341 e. The number of fused-ring (bicyclic) bond motifs is 3.